The van der Waals surface area contributed by atoms with Gasteiger partial charge in [-0.15, -0.1) is 0 Å². The third-order valence-corrected chi connectivity index (χ3v) is 10.2. The van der Waals surface area contributed by atoms with Gasteiger partial charge in [-0.25, -0.2) is 0 Å². The third-order valence-electron chi connectivity index (χ3n) is 6.13. The fraction of sp³-hybridized carbons (Fsp3) is 0.500. The fourth-order valence-corrected chi connectivity index (χ4v) is 6.10. The molecule has 0 saturated heterocycles. The Labute approximate surface area is 208 Å². The summed E-state index contributed by atoms with van der Waals surface area (Å²) in [6.45, 7) is 23.4. The number of nitrogens with zero attached hydrogens (tertiary/aromatic N) is 2. The van der Waals surface area contributed by atoms with Crippen LogP contribution >= 0.6 is 0 Å². The highest BCUT2D eigenvalue weighted by atomic mass is 28.3. The molecule has 0 bridgehead atoms. The van der Waals surface area contributed by atoms with E-state index in [0.29, 0.717) is 24.6 Å². The molecule has 0 aliphatic rings. The zero-order valence-corrected chi connectivity index (χ0v) is 24.8. The Morgan fingerprint density at radius 2 is 0.971 bits per heavy atom. The van der Waals surface area contributed by atoms with E-state index < -0.39 is 16.1 Å². The number of hydrogen-bond acceptors (Lipinski definition) is 4. The molecular formula is C28H44N2O2Si2. The molecule has 0 fully saturated rings. The van der Waals surface area contributed by atoms with Crippen molar-refractivity contribution in [2.45, 2.75) is 78.8 Å². The van der Waals surface area contributed by atoms with Gasteiger partial charge in [-0.1, -0.05) is 102 Å². The first kappa shape index (κ1) is 28.1. The molecule has 0 aliphatic heterocycles. The molecule has 6 heteroatoms. The molecule has 2 rings (SSSR count). The van der Waals surface area contributed by atoms with E-state index in [-0.39, 0.29) is 11.8 Å². The lowest BCUT2D eigenvalue weighted by Gasteiger charge is -2.21. The highest BCUT2D eigenvalue weighted by Gasteiger charge is 2.22. The molecular weight excluding hydrogens is 452 g/mol. The van der Waals surface area contributed by atoms with Crippen LogP contribution in [0.2, 0.25) is 39.3 Å². The summed E-state index contributed by atoms with van der Waals surface area (Å²) in [5.41, 5.74) is 3.54. The first-order chi connectivity index (χ1) is 15.6. The number of phenolic OH excluding ortho intramolecular Hbond substituents is 2. The predicted octanol–water partition coefficient (Wildman–Crippen LogP) is 5.97. The number of benzene rings is 2. The average Bonchev–Trinajstić information content (AvgIpc) is 2.70. The minimum Gasteiger partial charge on any atom is -0.507 e. The molecule has 0 radical (unpaired) electrons. The second-order valence-electron chi connectivity index (χ2n) is 11.9. The van der Waals surface area contributed by atoms with Crippen LogP contribution < -0.4 is 10.4 Å². The number of rotatable bonds is 9. The van der Waals surface area contributed by atoms with Crippen LogP contribution in [0.15, 0.2) is 34.3 Å². The van der Waals surface area contributed by atoms with Crippen molar-refractivity contribution < 1.29 is 10.2 Å². The summed E-state index contributed by atoms with van der Waals surface area (Å²) in [5.74, 6) is 1.17. The number of aliphatic imine (C=N–C) groups is 2. The first-order valence-electron chi connectivity index (χ1n) is 12.4. The van der Waals surface area contributed by atoms with E-state index in [4.69, 9.17) is 0 Å². The van der Waals surface area contributed by atoms with Crippen molar-refractivity contribution in [3.05, 3.63) is 46.5 Å². The van der Waals surface area contributed by atoms with Crippen molar-refractivity contribution >= 4 is 39.0 Å². The second kappa shape index (κ2) is 11.0. The van der Waals surface area contributed by atoms with Gasteiger partial charge in [-0.2, -0.15) is 0 Å². The lowest BCUT2D eigenvalue weighted by atomic mass is 9.99. The standard InChI is InChI=1S/C28H44N2O2Si2/c1-19(2)25-15-23(33(5,6)7)13-21(27(25)31)17-29-11-12-30-18-22-14-24(34(8,9)10)16-26(20(3)4)28(22)32/h13-20,31-32H,11-12H2,1-10H3. The van der Waals surface area contributed by atoms with Crippen LogP contribution in [0.4, 0.5) is 0 Å². The maximum Gasteiger partial charge on any atom is 0.127 e. The van der Waals surface area contributed by atoms with Crippen molar-refractivity contribution in [3.63, 3.8) is 0 Å². The van der Waals surface area contributed by atoms with Gasteiger partial charge in [0.05, 0.1) is 29.2 Å². The zero-order valence-electron chi connectivity index (χ0n) is 22.8. The molecule has 0 amide bonds. The summed E-state index contributed by atoms with van der Waals surface area (Å²) in [5, 5.41) is 24.2. The minimum atomic E-state index is -1.52. The molecule has 34 heavy (non-hydrogen) atoms. The Bertz CT molecular complexity index is 974. The van der Waals surface area contributed by atoms with Crippen LogP contribution in [0.1, 0.15) is 61.8 Å². The lowest BCUT2D eigenvalue weighted by molar-refractivity contribution is 0.463. The molecule has 0 aliphatic carbocycles. The van der Waals surface area contributed by atoms with Gasteiger partial charge in [0.1, 0.15) is 11.5 Å². The van der Waals surface area contributed by atoms with Crippen molar-refractivity contribution in [1.29, 1.82) is 0 Å². The van der Waals surface area contributed by atoms with Gasteiger partial charge in [0.2, 0.25) is 0 Å². The van der Waals surface area contributed by atoms with Gasteiger partial charge >= 0.3 is 0 Å². The summed E-state index contributed by atoms with van der Waals surface area (Å²) in [4.78, 5) is 9.09. The Balaban J connectivity index is 2.20. The first-order valence-corrected chi connectivity index (χ1v) is 19.4. The predicted molar refractivity (Wildman–Crippen MR) is 155 cm³/mol. The Hall–Kier alpha value is -2.19. The topological polar surface area (TPSA) is 65.2 Å². The Morgan fingerprint density at radius 3 is 1.24 bits per heavy atom. The van der Waals surface area contributed by atoms with Crippen molar-refractivity contribution in [2.24, 2.45) is 9.98 Å². The van der Waals surface area contributed by atoms with Crippen LogP contribution in [0, 0.1) is 0 Å². The highest BCUT2D eigenvalue weighted by molar-refractivity contribution is 6.89. The van der Waals surface area contributed by atoms with E-state index >= 15 is 0 Å². The molecule has 2 aromatic carbocycles. The fourth-order valence-electron chi connectivity index (χ4n) is 3.74. The summed E-state index contributed by atoms with van der Waals surface area (Å²) in [7, 11) is -3.03. The molecule has 0 aromatic heterocycles. The van der Waals surface area contributed by atoms with Crippen LogP contribution in [0.25, 0.3) is 0 Å². The van der Waals surface area contributed by atoms with Gasteiger partial charge in [-0.05, 0) is 23.0 Å². The second-order valence-corrected chi connectivity index (χ2v) is 22.0. The van der Waals surface area contributed by atoms with Crippen molar-refractivity contribution in [2.75, 3.05) is 13.1 Å². The lowest BCUT2D eigenvalue weighted by Crippen LogP contribution is -2.38. The molecule has 0 atom stereocenters. The van der Waals surface area contributed by atoms with E-state index in [0.717, 1.165) is 22.3 Å². The average molecular weight is 497 g/mol. The number of hydrogen-bond donors (Lipinski definition) is 2. The quantitative estimate of drug-likeness (QED) is 0.255. The monoisotopic (exact) mass is 496 g/mol. The van der Waals surface area contributed by atoms with E-state index in [1.165, 1.54) is 10.4 Å². The van der Waals surface area contributed by atoms with E-state index in [1.807, 2.05) is 0 Å². The van der Waals surface area contributed by atoms with Crippen LogP contribution in [0.3, 0.4) is 0 Å². The van der Waals surface area contributed by atoms with Crippen LogP contribution in [-0.2, 0) is 0 Å². The molecule has 0 unspecified atom stereocenters. The molecule has 0 saturated carbocycles. The summed E-state index contributed by atoms with van der Waals surface area (Å²) in [6.07, 6.45) is 3.56. The van der Waals surface area contributed by atoms with E-state index in [1.54, 1.807) is 12.4 Å². The molecule has 0 heterocycles. The largest absolute Gasteiger partial charge is 0.507 e. The van der Waals surface area contributed by atoms with Gasteiger partial charge in [0, 0.05) is 23.6 Å². The SMILES string of the molecule is CC(C)c1cc([Si](C)(C)C)cc(C=NCCN=Cc2cc([Si](C)(C)C)cc(C(C)C)c2O)c1O. The van der Waals surface area contributed by atoms with Gasteiger partial charge in [-0.3, -0.25) is 9.98 Å². The molecule has 0 spiro atoms. The van der Waals surface area contributed by atoms with Crippen LogP contribution in [0.5, 0.6) is 11.5 Å². The molecule has 186 valence electrons. The normalized spacial score (nSPS) is 13.2. The third kappa shape index (κ3) is 7.16. The van der Waals surface area contributed by atoms with E-state index in [9.17, 15) is 10.2 Å². The summed E-state index contributed by atoms with van der Waals surface area (Å²) >= 11 is 0. The summed E-state index contributed by atoms with van der Waals surface area (Å²) in [6, 6.07) is 8.52. The molecule has 2 N–H and O–H groups in total. The number of phenols is 2. The number of aromatic hydroxyl groups is 2. The molecule has 2 aromatic rings. The van der Waals surface area contributed by atoms with E-state index in [2.05, 4.69) is 101 Å². The Kier molecular flexibility index (Phi) is 9.11. The zero-order chi connectivity index (χ0) is 25.8. The van der Waals surface area contributed by atoms with Crippen molar-refractivity contribution in [3.8, 4) is 11.5 Å². The Morgan fingerprint density at radius 1 is 0.647 bits per heavy atom. The minimum absolute atomic E-state index is 0.253. The maximum atomic E-state index is 10.8. The smallest absolute Gasteiger partial charge is 0.127 e. The van der Waals surface area contributed by atoms with Gasteiger partial charge in [0.25, 0.3) is 0 Å². The molecule has 4 nitrogen and oxygen atoms in total. The van der Waals surface area contributed by atoms with Crippen molar-refractivity contribution in [1.82, 2.24) is 0 Å². The van der Waals surface area contributed by atoms with Gasteiger partial charge in [0.15, 0.2) is 0 Å². The van der Waals surface area contributed by atoms with Gasteiger partial charge < -0.3 is 10.2 Å². The van der Waals surface area contributed by atoms with Crippen LogP contribution in [-0.4, -0.2) is 51.9 Å². The maximum absolute atomic E-state index is 10.8. The summed E-state index contributed by atoms with van der Waals surface area (Å²) < 4.78 is 0. The highest BCUT2D eigenvalue weighted by Crippen LogP contribution is 2.29.